The predicted octanol–water partition coefficient (Wildman–Crippen LogP) is 17.1. The number of rotatable bonds is 30. The SMILES string of the molecule is C.CCC/C=C\C[C@H](CC/C=C/c1cc(C)cc(C)c1C(=O)OCC[Si](C)(C)C)OC(C)(C)O.Cc1cc(C)c(C(=O)OCC[Si](C)(C)C)c(/C=C/CC[C@@H](C/C=C\CCO)OC(C)(C)O)c1.O=C(O)c1ccccc1.O=C(O)c1ccccc1.[2H][2H]. The van der Waals surface area contributed by atoms with E-state index in [1.165, 1.54) is 0 Å². The Balaban J connectivity index is 0. The molecule has 0 amide bonds. The Morgan fingerprint density at radius 3 is 1.20 bits per heavy atom. The molecule has 2 atom stereocenters. The van der Waals surface area contributed by atoms with Gasteiger partial charge in [0.05, 0.1) is 47.7 Å². The van der Waals surface area contributed by atoms with E-state index in [-0.39, 0.29) is 38.2 Å². The van der Waals surface area contributed by atoms with E-state index in [9.17, 15) is 29.4 Å². The number of esters is 2. The molecule has 0 aliphatic heterocycles. The van der Waals surface area contributed by atoms with E-state index >= 15 is 0 Å². The average molecular weight is 1220 g/mol. The molecule has 4 aromatic carbocycles. The van der Waals surface area contributed by atoms with Crippen LogP contribution in [0.1, 0.15) is 178 Å². The zero-order chi connectivity index (χ0) is 65.5. The molecule has 0 bridgehead atoms. The zero-order valence-corrected chi connectivity index (χ0v) is 55.3. The summed E-state index contributed by atoms with van der Waals surface area (Å²) in [6, 6.07) is 26.6. The highest BCUT2D eigenvalue weighted by atomic mass is 28.3. The van der Waals surface area contributed by atoms with Crippen LogP contribution in [0.15, 0.2) is 121 Å². The summed E-state index contributed by atoms with van der Waals surface area (Å²) in [6.07, 6.45) is 23.4. The summed E-state index contributed by atoms with van der Waals surface area (Å²) in [4.78, 5) is 46.1. The molecule has 0 radical (unpaired) electrons. The molecule has 0 aliphatic rings. The van der Waals surface area contributed by atoms with Crippen molar-refractivity contribution in [2.24, 2.45) is 0 Å². The van der Waals surface area contributed by atoms with Crippen LogP contribution in [-0.2, 0) is 18.9 Å². The van der Waals surface area contributed by atoms with E-state index in [0.29, 0.717) is 48.3 Å². The number of allylic oxidation sites excluding steroid dienone is 3. The number of carboxylic acids is 2. The topological polar surface area (TPSA) is 206 Å². The second-order valence-corrected chi connectivity index (χ2v) is 35.6. The summed E-state index contributed by atoms with van der Waals surface area (Å²) in [5, 5.41) is 45.8. The summed E-state index contributed by atoms with van der Waals surface area (Å²) in [6.45, 7) is 31.4. The minimum absolute atomic E-state index is 0. The Morgan fingerprint density at radius 1 is 0.553 bits per heavy atom. The molecular weight excluding hydrogens is 1100 g/mol. The van der Waals surface area contributed by atoms with Crippen molar-refractivity contribution in [1.29, 1.82) is 0 Å². The highest BCUT2D eigenvalue weighted by molar-refractivity contribution is 6.76. The number of hydrogen-bond donors (Lipinski definition) is 5. The zero-order valence-electron chi connectivity index (χ0n) is 55.3. The third kappa shape index (κ3) is 38.6. The number of ether oxygens (including phenoxy) is 4. The molecule has 0 saturated heterocycles. The molecule has 0 spiro atoms. The Labute approximate surface area is 516 Å². The van der Waals surface area contributed by atoms with Gasteiger partial charge in [0.1, 0.15) is 0 Å². The van der Waals surface area contributed by atoms with Crippen LogP contribution < -0.4 is 0 Å². The molecule has 15 heteroatoms. The summed E-state index contributed by atoms with van der Waals surface area (Å²) >= 11 is 0. The number of carbonyl (C=O) groups is 4. The fraction of sp³-hybridized carbons (Fsp3) is 0.486. The number of benzene rings is 4. The average Bonchev–Trinajstić information content (AvgIpc) is 1.86. The van der Waals surface area contributed by atoms with Gasteiger partial charge in [-0.15, -0.1) is 0 Å². The number of aromatic carboxylic acids is 2. The summed E-state index contributed by atoms with van der Waals surface area (Å²) in [5.41, 5.74) is 7.79. The fourth-order valence-electron chi connectivity index (χ4n) is 8.25. The van der Waals surface area contributed by atoms with E-state index in [0.717, 1.165) is 90.4 Å². The van der Waals surface area contributed by atoms with Gasteiger partial charge in [-0.2, -0.15) is 0 Å². The summed E-state index contributed by atoms with van der Waals surface area (Å²) in [5.74, 6) is -4.63. The van der Waals surface area contributed by atoms with Crippen LogP contribution in [0.25, 0.3) is 12.2 Å². The highest BCUT2D eigenvalue weighted by Gasteiger charge is 2.23. The van der Waals surface area contributed by atoms with Gasteiger partial charge in [-0.05, 0) is 165 Å². The van der Waals surface area contributed by atoms with Crippen LogP contribution in [0, 0.1) is 27.7 Å². The van der Waals surface area contributed by atoms with E-state index in [1.54, 1.807) is 88.4 Å². The van der Waals surface area contributed by atoms with Crippen molar-refractivity contribution >= 4 is 52.2 Å². The molecule has 0 heterocycles. The molecular formula is C70H108O13Si2. The van der Waals surface area contributed by atoms with Crippen LogP contribution in [0.4, 0.5) is 0 Å². The number of aliphatic hydroxyl groups is 3. The first-order valence-electron chi connectivity index (χ1n) is 30.4. The Morgan fingerprint density at radius 2 is 0.906 bits per heavy atom. The third-order valence-corrected chi connectivity index (χ3v) is 15.7. The summed E-state index contributed by atoms with van der Waals surface area (Å²) in [7, 11) is -2.52. The van der Waals surface area contributed by atoms with Crippen LogP contribution in [0.5, 0.6) is 0 Å². The van der Waals surface area contributed by atoms with Gasteiger partial charge < -0.3 is 44.5 Å². The number of carbonyl (C=O) groups excluding carboxylic acids is 2. The van der Waals surface area contributed by atoms with Crippen LogP contribution in [0.2, 0.25) is 51.4 Å². The Hall–Kier alpha value is -6.05. The maximum absolute atomic E-state index is 12.9. The molecule has 85 heavy (non-hydrogen) atoms. The molecule has 0 aromatic heterocycles. The highest BCUT2D eigenvalue weighted by Crippen LogP contribution is 2.25. The van der Waals surface area contributed by atoms with Crippen molar-refractivity contribution in [1.82, 2.24) is 0 Å². The van der Waals surface area contributed by atoms with Gasteiger partial charge in [-0.25, -0.2) is 19.2 Å². The van der Waals surface area contributed by atoms with Crippen LogP contribution in [-0.4, -0.2) is 109 Å². The molecule has 0 saturated carbocycles. The standard InChI is InChI=1S/C28H46O4Si.C27H44O5Si.2C7H6O2.CH4.H2/c1-9-10-11-12-16-25(32-28(4,5)30)17-14-13-15-24-21-22(2)20-23(3)26(24)27(29)31-18-19-33(6,7)8;1-21-19-22(2)25(26(29)31-17-18-33(5,6)7)23(20-21)13-10-11-15-24(32-27(3,4)30)14-9-8-12-16-28;2*8-7(9)6-4-2-1-3-5-6;;/h11-13,15,20-21,25,30H,9-10,14,16-19H2,1-8H3;8-10,13,19-20,24,28,30H,11-12,14-18H2,1-7H3;2*1-5H,(H,8,9);1H4;1H/b12-11-,15-13+;9-8-,13-10+;;;;/t25-;24-;;;;/m11..../s1/i;;;;;1+1D. The van der Waals surface area contributed by atoms with E-state index in [2.05, 4.69) is 64.4 Å². The van der Waals surface area contributed by atoms with E-state index in [4.69, 9.17) is 37.2 Å². The van der Waals surface area contributed by atoms with Crippen LogP contribution in [0.3, 0.4) is 0 Å². The number of hydrogen-bond acceptors (Lipinski definition) is 11. The van der Waals surface area contributed by atoms with Gasteiger partial charge in [0, 0.05) is 25.7 Å². The van der Waals surface area contributed by atoms with Gasteiger partial charge >= 0.3 is 23.9 Å². The molecule has 474 valence electrons. The minimum Gasteiger partial charge on any atom is -0.478 e. The maximum Gasteiger partial charge on any atom is 0.338 e. The molecule has 0 aliphatic carbocycles. The molecule has 5 N–H and O–H groups in total. The van der Waals surface area contributed by atoms with Crippen molar-refractivity contribution in [3.05, 3.63) is 177 Å². The molecule has 0 unspecified atom stereocenters. The molecule has 0 fully saturated rings. The number of carboxylic acid groups (broad SMARTS) is 2. The normalized spacial score (nSPS) is 12.6. The van der Waals surface area contributed by atoms with Gasteiger partial charge in [0.15, 0.2) is 11.6 Å². The first-order chi connectivity index (χ1) is 40.3. The quantitative estimate of drug-likeness (QED) is 0.0143. The number of unbranched alkanes of at least 4 members (excludes halogenated alkanes) is 1. The smallest absolute Gasteiger partial charge is 0.338 e. The lowest BCUT2D eigenvalue weighted by molar-refractivity contribution is -0.206. The van der Waals surface area contributed by atoms with Gasteiger partial charge in [0.2, 0.25) is 0 Å². The van der Waals surface area contributed by atoms with Crippen LogP contribution >= 0.6 is 0 Å². The second-order valence-electron chi connectivity index (χ2n) is 24.4. The molecule has 4 aromatic rings. The van der Waals surface area contributed by atoms with Gasteiger partial charge in [0.25, 0.3) is 0 Å². The lowest BCUT2D eigenvalue weighted by atomic mass is 9.98. The molecule has 13 nitrogen and oxygen atoms in total. The predicted molar refractivity (Wildman–Crippen MR) is 357 cm³/mol. The Kier molecular flexibility index (Phi) is 37.2. The second kappa shape index (κ2) is 41.1. The summed E-state index contributed by atoms with van der Waals surface area (Å²) < 4.78 is 32.9. The largest absolute Gasteiger partial charge is 0.478 e. The monoisotopic (exact) mass is 1210 g/mol. The fourth-order valence-corrected chi connectivity index (χ4v) is 9.68. The maximum atomic E-state index is 12.9. The van der Waals surface area contributed by atoms with E-state index < -0.39 is 39.7 Å². The first-order valence-corrected chi connectivity index (χ1v) is 36.8. The third-order valence-electron chi connectivity index (χ3n) is 12.3. The number of aliphatic hydroxyl groups excluding tert-OH is 1. The molecule has 4 rings (SSSR count). The van der Waals surface area contributed by atoms with Crippen molar-refractivity contribution in [3.8, 4) is 0 Å². The Bertz CT molecular complexity index is 2510. The first kappa shape index (κ1) is 77.0. The van der Waals surface area contributed by atoms with Crippen molar-refractivity contribution in [2.45, 2.75) is 203 Å². The van der Waals surface area contributed by atoms with E-state index in [1.807, 2.05) is 82.3 Å². The lowest BCUT2D eigenvalue weighted by Gasteiger charge is -2.25. The van der Waals surface area contributed by atoms with Gasteiger partial charge in [-0.1, -0.05) is 180 Å². The minimum atomic E-state index is -1.27. The van der Waals surface area contributed by atoms with Crippen molar-refractivity contribution < 1.29 is 66.6 Å². The van der Waals surface area contributed by atoms with Gasteiger partial charge in [-0.3, -0.25) is 0 Å². The number of aryl methyl sites for hydroxylation is 4. The van der Waals surface area contributed by atoms with Crippen molar-refractivity contribution in [2.75, 3.05) is 19.8 Å². The van der Waals surface area contributed by atoms with Crippen molar-refractivity contribution in [3.63, 3.8) is 0 Å². The lowest BCUT2D eigenvalue weighted by Crippen LogP contribution is -2.29.